The highest BCUT2D eigenvalue weighted by atomic mass is 32.2. The Bertz CT molecular complexity index is 469. The van der Waals surface area contributed by atoms with Crippen molar-refractivity contribution < 1.29 is 17.2 Å². The molecular weight excluding hydrogens is 406 g/mol. The van der Waals surface area contributed by atoms with Crippen molar-refractivity contribution in [2.24, 2.45) is 0 Å². The molecule has 0 aliphatic rings. The summed E-state index contributed by atoms with van der Waals surface area (Å²) in [6.45, 7) is 2.91. The van der Waals surface area contributed by atoms with Crippen molar-refractivity contribution in [3.8, 4) is 0 Å². The van der Waals surface area contributed by atoms with Gasteiger partial charge in [-0.2, -0.15) is 0 Å². The standard InChI is InChI=1S/C22H47NO4S2/c1-2-3-4-5-6-7-8-9-10-11-12-13-14-15-16-17-20-28(24)21-18-23-19-22-29(25,26)27/h23H,2-22H2,1H3,(H,25,26,27)/p-1. The minimum absolute atomic E-state index is 0.141. The fraction of sp³-hybridized carbons (Fsp3) is 1.00. The first-order chi connectivity index (χ1) is 14.0. The number of unbranched alkanes of at least 4 members (excludes halogenated alkanes) is 15. The Hall–Kier alpha value is 0.0200. The molecule has 0 amide bonds. The third kappa shape index (κ3) is 26.0. The van der Waals surface area contributed by atoms with E-state index in [1.165, 1.54) is 89.9 Å². The monoisotopic (exact) mass is 452 g/mol. The molecule has 0 bridgehead atoms. The molecule has 1 unspecified atom stereocenters. The predicted molar refractivity (Wildman–Crippen MR) is 125 cm³/mol. The molecule has 0 saturated carbocycles. The van der Waals surface area contributed by atoms with Crippen molar-refractivity contribution in [1.29, 1.82) is 0 Å². The molecule has 0 aromatic rings. The van der Waals surface area contributed by atoms with Crippen molar-refractivity contribution >= 4 is 20.9 Å². The Labute approximate surface area is 183 Å². The van der Waals surface area contributed by atoms with Crippen molar-refractivity contribution in [2.75, 3.05) is 30.3 Å². The number of nitrogens with one attached hydrogen (secondary N) is 1. The van der Waals surface area contributed by atoms with Crippen molar-refractivity contribution in [3.05, 3.63) is 0 Å². The third-order valence-corrected chi connectivity index (χ3v) is 7.37. The molecule has 0 aromatic carbocycles. The molecule has 0 heterocycles. The SMILES string of the molecule is CCCCCCCCCCCCCCCCCCS(=O)CCNCCS(=O)(=O)[O-]. The van der Waals surface area contributed by atoms with Gasteiger partial charge in [0.1, 0.15) is 0 Å². The minimum atomic E-state index is -4.15. The van der Waals surface area contributed by atoms with Gasteiger partial charge in [0, 0.05) is 35.4 Å². The predicted octanol–water partition coefficient (Wildman–Crippen LogP) is 5.13. The Balaban J connectivity index is 3.18. The third-order valence-electron chi connectivity index (χ3n) is 5.26. The van der Waals surface area contributed by atoms with E-state index in [4.69, 9.17) is 0 Å². The second-order valence-electron chi connectivity index (χ2n) is 8.16. The highest BCUT2D eigenvalue weighted by Gasteiger charge is 2.01. The maximum Gasteiger partial charge on any atom is 0.0958 e. The summed E-state index contributed by atoms with van der Waals surface area (Å²) < 4.78 is 43.2. The van der Waals surface area contributed by atoms with E-state index in [0.29, 0.717) is 12.3 Å². The summed E-state index contributed by atoms with van der Waals surface area (Å²) in [6.07, 6.45) is 21.3. The number of rotatable bonds is 23. The van der Waals surface area contributed by atoms with Crippen LogP contribution in [0.2, 0.25) is 0 Å². The fourth-order valence-corrected chi connectivity index (χ4v) is 4.92. The number of hydrogen-bond acceptors (Lipinski definition) is 5. The molecule has 0 spiro atoms. The molecule has 0 radical (unpaired) electrons. The zero-order valence-corrected chi connectivity index (χ0v) is 20.4. The number of hydrogen-bond donors (Lipinski definition) is 1. The van der Waals surface area contributed by atoms with Crippen LogP contribution in [-0.2, 0) is 20.9 Å². The van der Waals surface area contributed by atoms with E-state index >= 15 is 0 Å². The van der Waals surface area contributed by atoms with Gasteiger partial charge >= 0.3 is 0 Å². The maximum atomic E-state index is 11.8. The summed E-state index contributed by atoms with van der Waals surface area (Å²) in [6, 6.07) is 0. The molecule has 0 fully saturated rings. The Kier molecular flexibility index (Phi) is 21.3. The summed E-state index contributed by atoms with van der Waals surface area (Å²) in [5, 5.41) is 2.86. The van der Waals surface area contributed by atoms with Crippen LogP contribution in [0, 0.1) is 0 Å². The van der Waals surface area contributed by atoms with E-state index in [9.17, 15) is 17.2 Å². The second-order valence-corrected chi connectivity index (χ2v) is 11.4. The molecule has 1 N–H and O–H groups in total. The first-order valence-corrected chi connectivity index (χ1v) is 15.0. The summed E-state index contributed by atoms with van der Waals surface area (Å²) in [4.78, 5) is 0. The Morgan fingerprint density at radius 2 is 1.07 bits per heavy atom. The van der Waals surface area contributed by atoms with Gasteiger partial charge in [0.05, 0.1) is 15.9 Å². The molecule has 1 atom stereocenters. The van der Waals surface area contributed by atoms with E-state index in [2.05, 4.69) is 12.2 Å². The average molecular weight is 453 g/mol. The van der Waals surface area contributed by atoms with Crippen LogP contribution < -0.4 is 5.32 Å². The van der Waals surface area contributed by atoms with Crippen LogP contribution in [0.5, 0.6) is 0 Å². The van der Waals surface area contributed by atoms with Crippen LogP contribution in [0.15, 0.2) is 0 Å². The van der Waals surface area contributed by atoms with Crippen LogP contribution in [0.3, 0.4) is 0 Å². The molecule has 0 aliphatic carbocycles. The van der Waals surface area contributed by atoms with Gasteiger partial charge in [0.25, 0.3) is 0 Å². The first-order valence-electron chi connectivity index (χ1n) is 11.9. The lowest BCUT2D eigenvalue weighted by molar-refractivity contribution is 0.461. The summed E-state index contributed by atoms with van der Waals surface area (Å²) >= 11 is 0. The van der Waals surface area contributed by atoms with Gasteiger partial charge in [-0.15, -0.1) is 0 Å². The van der Waals surface area contributed by atoms with Gasteiger partial charge in [-0.05, 0) is 6.42 Å². The van der Waals surface area contributed by atoms with E-state index in [1.54, 1.807) is 0 Å². The summed E-state index contributed by atoms with van der Waals surface area (Å²) in [5.74, 6) is 0.844. The lowest BCUT2D eigenvalue weighted by Crippen LogP contribution is -2.27. The zero-order chi connectivity index (χ0) is 21.6. The van der Waals surface area contributed by atoms with Gasteiger partial charge in [0.2, 0.25) is 0 Å². The van der Waals surface area contributed by atoms with Gasteiger partial charge in [0.15, 0.2) is 0 Å². The zero-order valence-electron chi connectivity index (χ0n) is 18.8. The van der Waals surface area contributed by atoms with Crippen molar-refractivity contribution in [3.63, 3.8) is 0 Å². The summed E-state index contributed by atoms with van der Waals surface area (Å²) in [5.41, 5.74) is 0. The maximum absolute atomic E-state index is 11.8. The normalized spacial score (nSPS) is 13.0. The molecule has 0 rings (SSSR count). The molecule has 0 aromatic heterocycles. The molecule has 7 heteroatoms. The quantitative estimate of drug-likeness (QED) is 0.171. The minimum Gasteiger partial charge on any atom is -0.748 e. The lowest BCUT2D eigenvalue weighted by Gasteiger charge is -2.08. The molecule has 5 nitrogen and oxygen atoms in total. The van der Waals surface area contributed by atoms with Crippen LogP contribution >= 0.6 is 0 Å². The van der Waals surface area contributed by atoms with E-state index in [-0.39, 0.29) is 6.54 Å². The van der Waals surface area contributed by atoms with Crippen LogP contribution in [0.4, 0.5) is 0 Å². The Morgan fingerprint density at radius 3 is 1.48 bits per heavy atom. The van der Waals surface area contributed by atoms with Crippen LogP contribution in [0.1, 0.15) is 110 Å². The molecule has 29 heavy (non-hydrogen) atoms. The topological polar surface area (TPSA) is 86.3 Å². The van der Waals surface area contributed by atoms with Gasteiger partial charge < -0.3 is 9.87 Å². The van der Waals surface area contributed by atoms with Crippen LogP contribution in [0.25, 0.3) is 0 Å². The smallest absolute Gasteiger partial charge is 0.0958 e. The Morgan fingerprint density at radius 1 is 0.655 bits per heavy atom. The molecule has 0 aliphatic heterocycles. The second kappa shape index (κ2) is 21.3. The van der Waals surface area contributed by atoms with E-state index < -0.39 is 26.7 Å². The first kappa shape index (κ1) is 29.0. The largest absolute Gasteiger partial charge is 0.748 e. The van der Waals surface area contributed by atoms with E-state index in [0.717, 1.165) is 18.6 Å². The summed E-state index contributed by atoms with van der Waals surface area (Å²) in [7, 11) is -5.00. The van der Waals surface area contributed by atoms with E-state index in [1.807, 2.05) is 0 Å². The van der Waals surface area contributed by atoms with Crippen LogP contribution in [-0.4, -0.2) is 47.5 Å². The van der Waals surface area contributed by atoms with Crippen molar-refractivity contribution in [2.45, 2.75) is 110 Å². The average Bonchev–Trinajstić information content (AvgIpc) is 2.66. The lowest BCUT2D eigenvalue weighted by atomic mass is 10.0. The highest BCUT2D eigenvalue weighted by Crippen LogP contribution is 2.13. The fourth-order valence-electron chi connectivity index (χ4n) is 3.42. The van der Waals surface area contributed by atoms with Gasteiger partial charge in [-0.1, -0.05) is 103 Å². The van der Waals surface area contributed by atoms with Gasteiger partial charge in [-0.25, -0.2) is 8.42 Å². The highest BCUT2D eigenvalue weighted by molar-refractivity contribution is 7.85. The molecule has 0 saturated heterocycles. The molecular formula is C22H46NO4S2-. The molecule has 176 valence electrons. The van der Waals surface area contributed by atoms with Gasteiger partial charge in [-0.3, -0.25) is 4.21 Å². The van der Waals surface area contributed by atoms with Crippen molar-refractivity contribution in [1.82, 2.24) is 5.32 Å².